The molecule has 1 N–H and O–H groups in total. The van der Waals surface area contributed by atoms with Gasteiger partial charge in [-0.15, -0.1) is 0 Å². The highest BCUT2D eigenvalue weighted by Crippen LogP contribution is 2.32. The molecule has 98 valence electrons. The molecule has 0 aliphatic carbocycles. The Balaban J connectivity index is 2.41. The molecule has 19 heavy (non-hydrogen) atoms. The number of ether oxygens (including phenoxy) is 1. The van der Waals surface area contributed by atoms with Crippen molar-refractivity contribution < 1.29 is 9.53 Å². The second kappa shape index (κ2) is 5.86. The van der Waals surface area contributed by atoms with Crippen LogP contribution >= 0.6 is 23.2 Å². The molecule has 0 spiro atoms. The third-order valence-electron chi connectivity index (χ3n) is 2.28. The molecule has 0 aliphatic rings. The Morgan fingerprint density at radius 3 is 2.26 bits per heavy atom. The van der Waals surface area contributed by atoms with Crippen molar-refractivity contribution in [1.29, 1.82) is 0 Å². The summed E-state index contributed by atoms with van der Waals surface area (Å²) < 4.78 is 4.43. The summed E-state index contributed by atoms with van der Waals surface area (Å²) in [4.78, 5) is 19.0. The van der Waals surface area contributed by atoms with Gasteiger partial charge in [0.25, 0.3) is 0 Å². The lowest BCUT2D eigenvalue weighted by Gasteiger charge is -2.08. The van der Waals surface area contributed by atoms with Crippen LogP contribution in [0.2, 0.25) is 10.3 Å². The standard InChI is InChI=1S/C12H9Cl2N3O2/c1-19-12(18)17-11-15-9(13)8(10(14)16-11)7-5-3-2-4-6-7/h2-6H,1H3,(H,15,16,17,18). The summed E-state index contributed by atoms with van der Waals surface area (Å²) in [5, 5.41) is 2.60. The number of nitrogens with one attached hydrogen (secondary N) is 1. The maximum atomic E-state index is 11.1. The minimum Gasteiger partial charge on any atom is -0.453 e. The fraction of sp³-hybridized carbons (Fsp3) is 0.0833. The molecule has 0 bridgehead atoms. The van der Waals surface area contributed by atoms with Crippen molar-refractivity contribution in [3.05, 3.63) is 40.6 Å². The Kier molecular flexibility index (Phi) is 4.19. The van der Waals surface area contributed by atoms with Crippen LogP contribution in [0, 0.1) is 0 Å². The minimum atomic E-state index is -0.695. The number of nitrogens with zero attached hydrogens (tertiary/aromatic N) is 2. The zero-order chi connectivity index (χ0) is 13.8. The molecule has 5 nitrogen and oxygen atoms in total. The topological polar surface area (TPSA) is 64.1 Å². The smallest absolute Gasteiger partial charge is 0.413 e. The van der Waals surface area contributed by atoms with Gasteiger partial charge in [-0.25, -0.2) is 4.79 Å². The quantitative estimate of drug-likeness (QED) is 0.860. The van der Waals surface area contributed by atoms with Gasteiger partial charge in [0.1, 0.15) is 10.3 Å². The summed E-state index contributed by atoms with van der Waals surface area (Å²) in [5.74, 6) is -0.0125. The summed E-state index contributed by atoms with van der Waals surface area (Å²) in [5.41, 5.74) is 1.31. The number of carbonyl (C=O) groups is 1. The number of aromatic nitrogens is 2. The molecular weight excluding hydrogens is 289 g/mol. The first-order valence-corrected chi connectivity index (χ1v) is 6.01. The van der Waals surface area contributed by atoms with Crippen LogP contribution in [0.15, 0.2) is 30.3 Å². The van der Waals surface area contributed by atoms with Crippen molar-refractivity contribution in [2.24, 2.45) is 0 Å². The van der Waals surface area contributed by atoms with E-state index in [-0.39, 0.29) is 16.3 Å². The molecule has 2 rings (SSSR count). The second-order valence-corrected chi connectivity index (χ2v) is 4.20. The zero-order valence-corrected chi connectivity index (χ0v) is 11.4. The SMILES string of the molecule is COC(=O)Nc1nc(Cl)c(-c2ccccc2)c(Cl)n1. The van der Waals surface area contributed by atoms with Gasteiger partial charge in [0.15, 0.2) is 0 Å². The normalized spacial score (nSPS) is 10.1. The molecule has 0 unspecified atom stereocenters. The highest BCUT2D eigenvalue weighted by molar-refractivity contribution is 6.37. The number of halogens is 2. The summed E-state index contributed by atoms with van der Waals surface area (Å²) in [6.07, 6.45) is -0.695. The third kappa shape index (κ3) is 3.13. The molecule has 7 heteroatoms. The molecule has 1 aromatic heterocycles. The number of anilines is 1. The molecule has 0 aliphatic heterocycles. The predicted octanol–water partition coefficient (Wildman–Crippen LogP) is 3.63. The van der Waals surface area contributed by atoms with E-state index in [0.29, 0.717) is 5.56 Å². The number of hydrogen-bond donors (Lipinski definition) is 1. The fourth-order valence-corrected chi connectivity index (χ4v) is 2.05. The summed E-state index contributed by atoms with van der Waals surface area (Å²) in [6, 6.07) is 9.25. The maximum absolute atomic E-state index is 11.1. The summed E-state index contributed by atoms with van der Waals surface area (Å²) in [6.45, 7) is 0. The Hall–Kier alpha value is -1.85. The van der Waals surface area contributed by atoms with Crippen molar-refractivity contribution in [1.82, 2.24) is 9.97 Å². The van der Waals surface area contributed by atoms with E-state index in [4.69, 9.17) is 23.2 Å². The minimum absolute atomic E-state index is 0.0125. The average Bonchev–Trinajstić information content (AvgIpc) is 2.39. The Bertz CT molecular complexity index is 582. The lowest BCUT2D eigenvalue weighted by Crippen LogP contribution is -2.13. The van der Waals surface area contributed by atoms with Gasteiger partial charge in [-0.2, -0.15) is 9.97 Å². The van der Waals surface area contributed by atoms with Crippen LogP contribution in [0.25, 0.3) is 11.1 Å². The van der Waals surface area contributed by atoms with Crippen molar-refractivity contribution in [2.75, 3.05) is 12.4 Å². The van der Waals surface area contributed by atoms with Crippen molar-refractivity contribution in [3.8, 4) is 11.1 Å². The van der Waals surface area contributed by atoms with Gasteiger partial charge < -0.3 is 4.74 Å². The van der Waals surface area contributed by atoms with Crippen LogP contribution in [0.1, 0.15) is 0 Å². The summed E-state index contributed by atoms with van der Waals surface area (Å²) >= 11 is 12.1. The molecule has 1 amide bonds. The van der Waals surface area contributed by atoms with Crippen LogP contribution in [-0.2, 0) is 4.74 Å². The largest absolute Gasteiger partial charge is 0.453 e. The highest BCUT2D eigenvalue weighted by atomic mass is 35.5. The van der Waals surface area contributed by atoms with Crippen LogP contribution < -0.4 is 5.32 Å². The number of amides is 1. The monoisotopic (exact) mass is 297 g/mol. The second-order valence-electron chi connectivity index (χ2n) is 3.49. The van der Waals surface area contributed by atoms with Crippen LogP contribution in [-0.4, -0.2) is 23.2 Å². The lowest BCUT2D eigenvalue weighted by atomic mass is 10.1. The van der Waals surface area contributed by atoms with Crippen molar-refractivity contribution in [2.45, 2.75) is 0 Å². The van der Waals surface area contributed by atoms with Crippen LogP contribution in [0.3, 0.4) is 0 Å². The molecule has 0 saturated carbocycles. The number of methoxy groups -OCH3 is 1. The van der Waals surface area contributed by atoms with Gasteiger partial charge in [0.2, 0.25) is 5.95 Å². The molecule has 1 aromatic carbocycles. The Labute approximate surface area is 119 Å². The van der Waals surface area contributed by atoms with Gasteiger partial charge in [-0.05, 0) is 5.56 Å². The van der Waals surface area contributed by atoms with E-state index in [1.54, 1.807) is 0 Å². The number of benzene rings is 1. The summed E-state index contributed by atoms with van der Waals surface area (Å²) in [7, 11) is 1.23. The van der Waals surface area contributed by atoms with E-state index in [0.717, 1.165) is 5.56 Å². The number of hydrogen-bond acceptors (Lipinski definition) is 4. The van der Waals surface area contributed by atoms with Crippen molar-refractivity contribution >= 4 is 35.2 Å². The first kappa shape index (κ1) is 13.6. The fourth-order valence-electron chi connectivity index (χ4n) is 1.45. The van der Waals surface area contributed by atoms with E-state index < -0.39 is 6.09 Å². The van der Waals surface area contributed by atoms with E-state index in [9.17, 15) is 4.79 Å². The molecule has 0 atom stereocenters. The molecule has 0 radical (unpaired) electrons. The Morgan fingerprint density at radius 1 is 1.16 bits per heavy atom. The van der Waals surface area contributed by atoms with Crippen molar-refractivity contribution in [3.63, 3.8) is 0 Å². The number of carbonyl (C=O) groups excluding carboxylic acids is 1. The molecule has 0 fully saturated rings. The van der Waals surface area contributed by atoms with Gasteiger partial charge in [-0.1, -0.05) is 53.5 Å². The molecular formula is C12H9Cl2N3O2. The predicted molar refractivity (Wildman–Crippen MR) is 73.5 cm³/mol. The molecule has 2 aromatic rings. The number of rotatable bonds is 2. The van der Waals surface area contributed by atoms with Gasteiger partial charge >= 0.3 is 6.09 Å². The van der Waals surface area contributed by atoms with E-state index in [2.05, 4.69) is 20.0 Å². The van der Waals surface area contributed by atoms with Gasteiger partial charge in [0.05, 0.1) is 12.7 Å². The lowest BCUT2D eigenvalue weighted by molar-refractivity contribution is 0.186. The third-order valence-corrected chi connectivity index (χ3v) is 2.83. The maximum Gasteiger partial charge on any atom is 0.413 e. The Morgan fingerprint density at radius 2 is 1.74 bits per heavy atom. The van der Waals surface area contributed by atoms with Gasteiger partial charge in [0, 0.05) is 0 Å². The van der Waals surface area contributed by atoms with E-state index >= 15 is 0 Å². The molecule has 0 saturated heterocycles. The zero-order valence-electron chi connectivity index (χ0n) is 9.85. The van der Waals surface area contributed by atoms with E-state index in [1.165, 1.54) is 7.11 Å². The van der Waals surface area contributed by atoms with Gasteiger partial charge in [-0.3, -0.25) is 5.32 Å². The highest BCUT2D eigenvalue weighted by Gasteiger charge is 2.14. The first-order chi connectivity index (χ1) is 9.11. The first-order valence-electron chi connectivity index (χ1n) is 5.25. The van der Waals surface area contributed by atoms with E-state index in [1.807, 2.05) is 30.3 Å². The van der Waals surface area contributed by atoms with Crippen LogP contribution in [0.4, 0.5) is 10.7 Å². The molecule has 1 heterocycles. The average molecular weight is 298 g/mol. The van der Waals surface area contributed by atoms with Crippen LogP contribution in [0.5, 0.6) is 0 Å².